The normalized spacial score (nSPS) is 29.0. The molecule has 3 unspecified atom stereocenters. The van der Waals surface area contributed by atoms with Gasteiger partial charge in [-0.3, -0.25) is 0 Å². The first-order valence-corrected chi connectivity index (χ1v) is 10.4. The highest BCUT2D eigenvalue weighted by molar-refractivity contribution is 5.31. The summed E-state index contributed by atoms with van der Waals surface area (Å²) < 4.78 is 0. The Hall–Kier alpha value is -1.04. The van der Waals surface area contributed by atoms with Gasteiger partial charge in [-0.05, 0) is 75.2 Å². The molecule has 0 aromatic carbocycles. The molecule has 0 aliphatic heterocycles. The molecule has 0 aromatic rings. The summed E-state index contributed by atoms with van der Waals surface area (Å²) in [5.41, 5.74) is 7.63. The van der Waals surface area contributed by atoms with Crippen LogP contribution in [0, 0.1) is 17.3 Å². The van der Waals surface area contributed by atoms with Gasteiger partial charge in [-0.1, -0.05) is 82.6 Å². The van der Waals surface area contributed by atoms with Crippen LogP contribution in [-0.2, 0) is 0 Å². The molecule has 1 aliphatic carbocycles. The van der Waals surface area contributed by atoms with Gasteiger partial charge >= 0.3 is 0 Å². The predicted molar refractivity (Wildman–Crippen MR) is 115 cm³/mol. The first-order chi connectivity index (χ1) is 11.7. The Morgan fingerprint density at radius 1 is 1.16 bits per heavy atom. The van der Waals surface area contributed by atoms with Gasteiger partial charge in [0, 0.05) is 0 Å². The Balaban J connectivity index is 3.04. The van der Waals surface area contributed by atoms with Crippen LogP contribution in [0.5, 0.6) is 0 Å². The van der Waals surface area contributed by atoms with E-state index in [1.807, 2.05) is 0 Å². The Bertz CT molecular complexity index is 542. The zero-order chi connectivity index (χ0) is 19.2. The minimum Gasteiger partial charge on any atom is -0.0992 e. The van der Waals surface area contributed by atoms with Crippen molar-refractivity contribution in [1.82, 2.24) is 0 Å². The highest BCUT2D eigenvalue weighted by atomic mass is 14.5. The maximum Gasteiger partial charge on any atom is -0.00814 e. The number of rotatable bonds is 8. The largest absolute Gasteiger partial charge is 0.0992 e. The zero-order valence-corrected chi connectivity index (χ0v) is 18.1. The second-order valence-electron chi connectivity index (χ2n) is 8.54. The molecule has 25 heavy (non-hydrogen) atoms. The second-order valence-corrected chi connectivity index (χ2v) is 8.54. The summed E-state index contributed by atoms with van der Waals surface area (Å²) in [7, 11) is 0. The van der Waals surface area contributed by atoms with E-state index in [1.54, 1.807) is 11.1 Å². The van der Waals surface area contributed by atoms with Gasteiger partial charge in [-0.2, -0.15) is 0 Å². The summed E-state index contributed by atoms with van der Waals surface area (Å²) in [6.45, 7) is 25.2. The van der Waals surface area contributed by atoms with Crippen molar-refractivity contribution >= 4 is 0 Å². The fourth-order valence-electron chi connectivity index (χ4n) is 4.33. The van der Waals surface area contributed by atoms with Crippen LogP contribution in [0.1, 0.15) is 93.4 Å². The van der Waals surface area contributed by atoms with Crippen molar-refractivity contribution in [2.75, 3.05) is 0 Å². The van der Waals surface area contributed by atoms with Crippen molar-refractivity contribution in [3.63, 3.8) is 0 Å². The molecule has 0 N–H and O–H groups in total. The first kappa shape index (κ1) is 22.0. The molecular weight excluding hydrogens is 300 g/mol. The molecular formula is C25H42. The molecule has 0 bridgehead atoms. The van der Waals surface area contributed by atoms with Crippen molar-refractivity contribution in [3.05, 3.63) is 47.1 Å². The molecule has 1 saturated carbocycles. The molecule has 0 spiro atoms. The molecule has 0 amide bonds. The Kier molecular flexibility index (Phi) is 8.45. The summed E-state index contributed by atoms with van der Waals surface area (Å²) in [5.74, 6) is 1.30. The molecule has 0 nitrogen and oxygen atoms in total. The van der Waals surface area contributed by atoms with Crippen LogP contribution in [0.15, 0.2) is 47.1 Å². The molecule has 0 saturated heterocycles. The second kappa shape index (κ2) is 9.60. The summed E-state index contributed by atoms with van der Waals surface area (Å²) in [4.78, 5) is 0. The van der Waals surface area contributed by atoms with Crippen LogP contribution in [-0.4, -0.2) is 0 Å². The molecule has 0 radical (unpaired) electrons. The molecule has 1 fully saturated rings. The van der Waals surface area contributed by atoms with E-state index in [-0.39, 0.29) is 5.41 Å². The van der Waals surface area contributed by atoms with Gasteiger partial charge in [0.05, 0.1) is 0 Å². The van der Waals surface area contributed by atoms with Crippen LogP contribution < -0.4 is 0 Å². The van der Waals surface area contributed by atoms with E-state index in [4.69, 9.17) is 0 Å². The van der Waals surface area contributed by atoms with Gasteiger partial charge in [-0.15, -0.1) is 0 Å². The molecule has 0 heteroatoms. The molecule has 1 rings (SSSR count). The van der Waals surface area contributed by atoms with E-state index in [1.165, 1.54) is 42.4 Å². The molecule has 142 valence electrons. The maximum atomic E-state index is 4.49. The predicted octanol–water partition coefficient (Wildman–Crippen LogP) is 8.42. The van der Waals surface area contributed by atoms with Crippen LogP contribution >= 0.6 is 0 Å². The molecule has 3 atom stereocenters. The van der Waals surface area contributed by atoms with E-state index >= 15 is 0 Å². The van der Waals surface area contributed by atoms with Crippen LogP contribution in [0.4, 0.5) is 0 Å². The van der Waals surface area contributed by atoms with Gasteiger partial charge < -0.3 is 0 Å². The quantitative estimate of drug-likeness (QED) is 0.307. The number of hydrogen-bond donors (Lipinski definition) is 0. The monoisotopic (exact) mass is 342 g/mol. The lowest BCUT2D eigenvalue weighted by Gasteiger charge is -2.48. The van der Waals surface area contributed by atoms with Crippen LogP contribution in [0.25, 0.3) is 0 Å². The third-order valence-corrected chi connectivity index (χ3v) is 6.95. The summed E-state index contributed by atoms with van der Waals surface area (Å²) in [6, 6.07) is 0. The lowest BCUT2D eigenvalue weighted by Crippen LogP contribution is -2.38. The fraction of sp³-hybridized carbons (Fsp3) is 0.680. The van der Waals surface area contributed by atoms with Gasteiger partial charge in [0.1, 0.15) is 0 Å². The highest BCUT2D eigenvalue weighted by Gasteiger charge is 2.42. The van der Waals surface area contributed by atoms with Crippen LogP contribution in [0.2, 0.25) is 0 Å². The Morgan fingerprint density at radius 2 is 1.80 bits per heavy atom. The first-order valence-electron chi connectivity index (χ1n) is 10.4. The van der Waals surface area contributed by atoms with Gasteiger partial charge in [-0.25, -0.2) is 0 Å². The summed E-state index contributed by atoms with van der Waals surface area (Å²) in [6.07, 6.45) is 10.7. The third kappa shape index (κ3) is 5.22. The average Bonchev–Trinajstić information content (AvgIpc) is 2.59. The topological polar surface area (TPSA) is 0 Å². The van der Waals surface area contributed by atoms with Gasteiger partial charge in [0.15, 0.2) is 0 Å². The van der Waals surface area contributed by atoms with Crippen molar-refractivity contribution in [2.24, 2.45) is 17.3 Å². The SMILES string of the molecule is C=C1CC(=C)C(C)(CCC(/C=C(/C)CC)=C(\C)CC)C(C)C1CCC. The minimum absolute atomic E-state index is 0.230. The third-order valence-electron chi connectivity index (χ3n) is 6.95. The van der Waals surface area contributed by atoms with Crippen LogP contribution in [0.3, 0.4) is 0 Å². The highest BCUT2D eigenvalue weighted by Crippen LogP contribution is 2.53. The van der Waals surface area contributed by atoms with E-state index in [2.05, 4.69) is 67.7 Å². The van der Waals surface area contributed by atoms with E-state index < -0.39 is 0 Å². The Morgan fingerprint density at radius 3 is 2.32 bits per heavy atom. The van der Waals surface area contributed by atoms with Gasteiger partial charge in [0.25, 0.3) is 0 Å². The van der Waals surface area contributed by atoms with Crippen molar-refractivity contribution in [3.8, 4) is 0 Å². The summed E-state index contributed by atoms with van der Waals surface area (Å²) in [5, 5.41) is 0. The molecule has 0 heterocycles. The van der Waals surface area contributed by atoms with Crippen molar-refractivity contribution in [2.45, 2.75) is 93.4 Å². The minimum atomic E-state index is 0.230. The standard InChI is InChI=1S/C25H42/c1-10-13-24-20(6)17-21(7)25(9,22(24)8)15-14-23(19(5)12-3)16-18(4)11-2/h16,22,24H,6-7,10-15,17H2,1-5,8-9H3/b18-16-,23-19-. The van der Waals surface area contributed by atoms with E-state index in [9.17, 15) is 0 Å². The van der Waals surface area contributed by atoms with Gasteiger partial charge in [0.2, 0.25) is 0 Å². The lowest BCUT2D eigenvalue weighted by atomic mass is 9.57. The van der Waals surface area contributed by atoms with E-state index in [0.29, 0.717) is 11.8 Å². The van der Waals surface area contributed by atoms with Crippen molar-refractivity contribution < 1.29 is 0 Å². The number of allylic oxidation sites excluding steroid dienone is 6. The summed E-state index contributed by atoms with van der Waals surface area (Å²) >= 11 is 0. The maximum absolute atomic E-state index is 4.49. The fourth-order valence-corrected chi connectivity index (χ4v) is 4.33. The smallest absolute Gasteiger partial charge is 0.00814 e. The molecule has 1 aliphatic rings. The van der Waals surface area contributed by atoms with E-state index in [0.717, 1.165) is 19.3 Å². The van der Waals surface area contributed by atoms with Crippen molar-refractivity contribution in [1.29, 1.82) is 0 Å². The lowest BCUT2D eigenvalue weighted by molar-refractivity contribution is 0.148. The average molecular weight is 343 g/mol. The Labute approximate surface area is 158 Å². The molecule has 0 aromatic heterocycles. The number of hydrogen-bond acceptors (Lipinski definition) is 0. The zero-order valence-electron chi connectivity index (χ0n) is 18.1.